The van der Waals surface area contributed by atoms with Crippen LogP contribution in [0, 0.1) is 0 Å². The zero-order valence-corrected chi connectivity index (χ0v) is 15.6. The van der Waals surface area contributed by atoms with Crippen molar-refractivity contribution in [2.75, 3.05) is 27.3 Å². The van der Waals surface area contributed by atoms with Gasteiger partial charge in [-0.05, 0) is 52.2 Å². The third-order valence-corrected chi connectivity index (χ3v) is 4.28. The lowest BCUT2D eigenvalue weighted by Gasteiger charge is -2.17. The molecule has 128 valence electrons. The normalized spacial score (nSPS) is 10.5. The Labute approximate surface area is 151 Å². The highest BCUT2D eigenvalue weighted by molar-refractivity contribution is 9.10. The highest BCUT2D eigenvalue weighted by Crippen LogP contribution is 2.24. The number of ether oxygens (including phenoxy) is 2. The molecule has 2 rings (SSSR count). The average molecular weight is 392 g/mol. The van der Waals surface area contributed by atoms with Crippen LogP contribution >= 0.6 is 15.9 Å². The number of nitrogens with zero attached hydrogens (tertiary/aromatic N) is 1. The number of amides is 1. The van der Waals surface area contributed by atoms with Crippen LogP contribution in [0.5, 0.6) is 5.75 Å². The highest BCUT2D eigenvalue weighted by atomic mass is 79.9. The monoisotopic (exact) mass is 391 g/mol. The zero-order chi connectivity index (χ0) is 17.4. The lowest BCUT2D eigenvalue weighted by Crippen LogP contribution is -2.28. The molecule has 0 saturated carbocycles. The maximum atomic E-state index is 12.3. The number of hydrogen-bond acceptors (Lipinski definition) is 3. The van der Waals surface area contributed by atoms with E-state index in [0.29, 0.717) is 25.3 Å². The van der Waals surface area contributed by atoms with Gasteiger partial charge in [0.25, 0.3) is 5.91 Å². The van der Waals surface area contributed by atoms with E-state index in [9.17, 15) is 4.79 Å². The maximum absolute atomic E-state index is 12.3. The van der Waals surface area contributed by atoms with Gasteiger partial charge in [-0.15, -0.1) is 0 Å². The Kier molecular flexibility index (Phi) is 7.28. The topological polar surface area (TPSA) is 38.8 Å². The molecule has 2 aromatic carbocycles. The summed E-state index contributed by atoms with van der Waals surface area (Å²) in [5, 5.41) is 0. The molecule has 0 spiro atoms. The largest absolute Gasteiger partial charge is 0.488 e. The molecule has 4 nitrogen and oxygen atoms in total. The molecular weight excluding hydrogens is 370 g/mol. The quantitative estimate of drug-likeness (QED) is 0.634. The fourth-order valence-electron chi connectivity index (χ4n) is 2.23. The Balaban J connectivity index is 1.90. The predicted octanol–water partition coefficient (Wildman–Crippen LogP) is 4.14. The van der Waals surface area contributed by atoms with Gasteiger partial charge in [0.2, 0.25) is 0 Å². The van der Waals surface area contributed by atoms with Gasteiger partial charge in [-0.2, -0.15) is 0 Å². The van der Waals surface area contributed by atoms with Gasteiger partial charge in [-0.3, -0.25) is 4.79 Å². The molecule has 0 aliphatic heterocycles. The van der Waals surface area contributed by atoms with Gasteiger partial charge >= 0.3 is 0 Å². The zero-order valence-electron chi connectivity index (χ0n) is 14.0. The van der Waals surface area contributed by atoms with Crippen LogP contribution < -0.4 is 4.74 Å². The van der Waals surface area contributed by atoms with Crippen LogP contribution in [0.25, 0.3) is 0 Å². The van der Waals surface area contributed by atoms with Crippen LogP contribution in [0.3, 0.4) is 0 Å². The molecule has 0 atom stereocenters. The molecule has 0 N–H and O–H groups in total. The van der Waals surface area contributed by atoms with Gasteiger partial charge in [0.05, 0.1) is 4.47 Å². The van der Waals surface area contributed by atoms with Crippen LogP contribution in [-0.4, -0.2) is 38.1 Å². The first-order valence-corrected chi connectivity index (χ1v) is 8.62. The van der Waals surface area contributed by atoms with Crippen molar-refractivity contribution in [2.24, 2.45) is 0 Å². The summed E-state index contributed by atoms with van der Waals surface area (Å²) in [6.07, 6.45) is 0.830. The summed E-state index contributed by atoms with van der Waals surface area (Å²) in [6.45, 7) is 1.79. The van der Waals surface area contributed by atoms with Gasteiger partial charge in [0.15, 0.2) is 0 Å². The summed E-state index contributed by atoms with van der Waals surface area (Å²) in [5.74, 6) is 0.819. The van der Waals surface area contributed by atoms with Crippen LogP contribution in [0.15, 0.2) is 53.0 Å². The van der Waals surface area contributed by atoms with Gasteiger partial charge in [0.1, 0.15) is 12.4 Å². The average Bonchev–Trinajstić information content (AvgIpc) is 2.61. The lowest BCUT2D eigenvalue weighted by molar-refractivity contribution is 0.0779. The van der Waals surface area contributed by atoms with E-state index in [1.54, 1.807) is 12.0 Å². The van der Waals surface area contributed by atoms with E-state index in [4.69, 9.17) is 9.47 Å². The van der Waals surface area contributed by atoms with Crippen molar-refractivity contribution >= 4 is 21.8 Å². The number of carbonyl (C=O) groups excluding carboxylic acids is 1. The predicted molar refractivity (Wildman–Crippen MR) is 98.4 cm³/mol. The molecule has 0 saturated heterocycles. The van der Waals surface area contributed by atoms with E-state index in [1.807, 2.05) is 55.6 Å². The van der Waals surface area contributed by atoms with E-state index in [0.717, 1.165) is 22.2 Å². The molecule has 0 aromatic heterocycles. The minimum absolute atomic E-state index is 0.0179. The fourth-order valence-corrected chi connectivity index (χ4v) is 2.63. The van der Waals surface area contributed by atoms with Gasteiger partial charge in [-0.25, -0.2) is 0 Å². The molecule has 0 aliphatic rings. The van der Waals surface area contributed by atoms with E-state index in [1.165, 1.54) is 0 Å². The summed E-state index contributed by atoms with van der Waals surface area (Å²) in [6, 6.07) is 15.3. The second kappa shape index (κ2) is 9.45. The van der Waals surface area contributed by atoms with Crippen molar-refractivity contribution in [3.8, 4) is 5.75 Å². The van der Waals surface area contributed by atoms with E-state index in [2.05, 4.69) is 15.9 Å². The second-order valence-electron chi connectivity index (χ2n) is 5.49. The fraction of sp³-hybridized carbons (Fsp3) is 0.316. The van der Waals surface area contributed by atoms with Crippen molar-refractivity contribution in [1.82, 2.24) is 4.90 Å². The number of para-hydroxylation sites is 1. The Hall–Kier alpha value is -1.85. The number of rotatable bonds is 8. The number of hydrogen-bond donors (Lipinski definition) is 0. The van der Waals surface area contributed by atoms with Gasteiger partial charge in [-0.1, -0.05) is 24.3 Å². The maximum Gasteiger partial charge on any atom is 0.253 e. The third-order valence-electron chi connectivity index (χ3n) is 3.62. The van der Waals surface area contributed by atoms with Gasteiger partial charge in [0, 0.05) is 32.9 Å². The molecule has 0 heterocycles. The first kappa shape index (κ1) is 18.5. The van der Waals surface area contributed by atoms with Crippen molar-refractivity contribution in [2.45, 2.75) is 13.0 Å². The van der Waals surface area contributed by atoms with Crippen LogP contribution in [0.1, 0.15) is 22.3 Å². The van der Waals surface area contributed by atoms with E-state index < -0.39 is 0 Å². The molecule has 0 aliphatic carbocycles. The van der Waals surface area contributed by atoms with Gasteiger partial charge < -0.3 is 14.4 Å². The first-order valence-electron chi connectivity index (χ1n) is 7.82. The number of benzene rings is 2. The molecule has 1 amide bonds. The number of carbonyl (C=O) groups is 1. The molecule has 0 radical (unpaired) electrons. The minimum atomic E-state index is 0.0179. The lowest BCUT2D eigenvalue weighted by atomic mass is 10.1. The molecule has 0 bridgehead atoms. The Morgan fingerprint density at radius 3 is 2.50 bits per heavy atom. The summed E-state index contributed by atoms with van der Waals surface area (Å²) in [7, 11) is 3.47. The molecule has 0 unspecified atom stereocenters. The Morgan fingerprint density at radius 1 is 1.12 bits per heavy atom. The molecule has 24 heavy (non-hydrogen) atoms. The van der Waals surface area contributed by atoms with Crippen LogP contribution in [-0.2, 0) is 11.3 Å². The standard InChI is InChI=1S/C19H22BrNO3/c1-21(12-5-13-23-2)19(22)16-10-8-15(9-11-16)14-24-18-7-4-3-6-17(18)20/h3-4,6-11H,5,12-14H2,1-2H3. The summed E-state index contributed by atoms with van der Waals surface area (Å²) in [5.41, 5.74) is 1.70. The second-order valence-corrected chi connectivity index (χ2v) is 6.34. The Bertz CT molecular complexity index is 658. The van der Waals surface area contributed by atoms with E-state index >= 15 is 0 Å². The number of halogens is 1. The highest BCUT2D eigenvalue weighted by Gasteiger charge is 2.11. The summed E-state index contributed by atoms with van der Waals surface area (Å²) >= 11 is 3.46. The van der Waals surface area contributed by atoms with Crippen molar-refractivity contribution in [3.63, 3.8) is 0 Å². The summed E-state index contributed by atoms with van der Waals surface area (Å²) < 4.78 is 11.7. The smallest absolute Gasteiger partial charge is 0.253 e. The van der Waals surface area contributed by atoms with E-state index in [-0.39, 0.29) is 5.91 Å². The van der Waals surface area contributed by atoms with Crippen LogP contribution in [0.2, 0.25) is 0 Å². The summed E-state index contributed by atoms with van der Waals surface area (Å²) in [4.78, 5) is 14.0. The van der Waals surface area contributed by atoms with Crippen molar-refractivity contribution in [1.29, 1.82) is 0 Å². The number of methoxy groups -OCH3 is 1. The van der Waals surface area contributed by atoms with Crippen molar-refractivity contribution < 1.29 is 14.3 Å². The van der Waals surface area contributed by atoms with Crippen molar-refractivity contribution in [3.05, 3.63) is 64.1 Å². The van der Waals surface area contributed by atoms with Crippen LogP contribution in [0.4, 0.5) is 0 Å². The Morgan fingerprint density at radius 2 is 1.83 bits per heavy atom. The molecule has 0 fully saturated rings. The SMILES string of the molecule is COCCCN(C)C(=O)c1ccc(COc2ccccc2Br)cc1. The molecular formula is C19H22BrNO3. The molecule has 5 heteroatoms. The molecule has 2 aromatic rings. The minimum Gasteiger partial charge on any atom is -0.488 e. The first-order chi connectivity index (χ1) is 11.6. The third kappa shape index (κ3) is 5.35.